The van der Waals surface area contributed by atoms with E-state index in [9.17, 15) is 4.79 Å². The lowest BCUT2D eigenvalue weighted by atomic mass is 10.1. The maximum absolute atomic E-state index is 11.8. The summed E-state index contributed by atoms with van der Waals surface area (Å²) >= 11 is 1.44. The molecule has 16 heavy (non-hydrogen) atoms. The van der Waals surface area contributed by atoms with E-state index in [1.165, 1.54) is 11.3 Å². The summed E-state index contributed by atoms with van der Waals surface area (Å²) in [5.41, 5.74) is 1.06. The summed E-state index contributed by atoms with van der Waals surface area (Å²) in [6, 6.07) is 7.49. The lowest BCUT2D eigenvalue weighted by Gasteiger charge is -2.13. The van der Waals surface area contributed by atoms with Gasteiger partial charge in [-0.05, 0) is 36.1 Å². The average Bonchev–Trinajstić information content (AvgIpc) is 2.83. The molecule has 82 valence electrons. The second kappa shape index (κ2) is 4.90. The number of carbonyl (C=O) groups is 1. The van der Waals surface area contributed by atoms with Crippen LogP contribution in [0.15, 0.2) is 42.0 Å². The molecule has 2 heterocycles. The molecule has 0 saturated carbocycles. The van der Waals surface area contributed by atoms with Gasteiger partial charge in [-0.1, -0.05) is 6.07 Å². The maximum atomic E-state index is 11.8. The third-order valence-electron chi connectivity index (χ3n) is 2.30. The first-order valence-electron chi connectivity index (χ1n) is 5.01. The number of hydrogen-bond acceptors (Lipinski definition) is 3. The Balaban J connectivity index is 2.03. The minimum absolute atomic E-state index is 0.00222. The predicted octanol–water partition coefficient (Wildman–Crippen LogP) is 2.63. The Bertz CT molecular complexity index is 453. The summed E-state index contributed by atoms with van der Waals surface area (Å²) in [6.45, 7) is 1.96. The van der Waals surface area contributed by atoms with Crippen LogP contribution in [0.4, 0.5) is 0 Å². The van der Waals surface area contributed by atoms with Crippen molar-refractivity contribution in [2.75, 3.05) is 0 Å². The third kappa shape index (κ3) is 2.46. The summed E-state index contributed by atoms with van der Waals surface area (Å²) in [7, 11) is 0. The predicted molar refractivity (Wildman–Crippen MR) is 64.4 cm³/mol. The van der Waals surface area contributed by atoms with Crippen molar-refractivity contribution in [3.63, 3.8) is 0 Å². The van der Waals surface area contributed by atoms with Gasteiger partial charge >= 0.3 is 0 Å². The molecule has 0 saturated heterocycles. The number of pyridine rings is 1. The Morgan fingerprint density at radius 2 is 2.12 bits per heavy atom. The van der Waals surface area contributed by atoms with Crippen molar-refractivity contribution in [1.29, 1.82) is 0 Å². The van der Waals surface area contributed by atoms with Crippen molar-refractivity contribution in [2.24, 2.45) is 0 Å². The highest BCUT2D eigenvalue weighted by Crippen LogP contribution is 2.13. The lowest BCUT2D eigenvalue weighted by molar-refractivity contribution is 0.0944. The van der Waals surface area contributed by atoms with Gasteiger partial charge in [0.25, 0.3) is 5.91 Å². The first-order valence-corrected chi connectivity index (χ1v) is 5.89. The number of nitrogens with one attached hydrogen (secondary N) is 1. The normalized spacial score (nSPS) is 12.1. The summed E-state index contributed by atoms with van der Waals surface area (Å²) < 4.78 is 0. The second-order valence-corrected chi connectivity index (χ2v) is 4.40. The van der Waals surface area contributed by atoms with E-state index in [0.29, 0.717) is 0 Å². The van der Waals surface area contributed by atoms with Crippen LogP contribution in [0.5, 0.6) is 0 Å². The van der Waals surface area contributed by atoms with Crippen LogP contribution < -0.4 is 5.32 Å². The van der Waals surface area contributed by atoms with Gasteiger partial charge in [0.1, 0.15) is 0 Å². The van der Waals surface area contributed by atoms with Crippen molar-refractivity contribution < 1.29 is 4.79 Å². The molecule has 0 spiro atoms. The highest BCUT2D eigenvalue weighted by molar-refractivity contribution is 7.12. The maximum Gasteiger partial charge on any atom is 0.261 e. The molecule has 2 aromatic heterocycles. The van der Waals surface area contributed by atoms with Gasteiger partial charge in [0.15, 0.2) is 0 Å². The van der Waals surface area contributed by atoms with E-state index in [-0.39, 0.29) is 11.9 Å². The van der Waals surface area contributed by atoms with E-state index in [2.05, 4.69) is 10.3 Å². The molecule has 3 nitrogen and oxygen atoms in total. The van der Waals surface area contributed by atoms with Gasteiger partial charge in [-0.25, -0.2) is 0 Å². The quantitative estimate of drug-likeness (QED) is 0.884. The van der Waals surface area contributed by atoms with Gasteiger partial charge in [0.2, 0.25) is 0 Å². The van der Waals surface area contributed by atoms with E-state index in [0.717, 1.165) is 10.4 Å². The molecule has 0 aromatic carbocycles. The largest absolute Gasteiger partial charge is 0.345 e. The molecular formula is C12H12N2OS. The number of hydrogen-bond donors (Lipinski definition) is 1. The number of amides is 1. The Labute approximate surface area is 98.2 Å². The Morgan fingerprint density at radius 3 is 2.75 bits per heavy atom. The second-order valence-electron chi connectivity index (χ2n) is 3.45. The van der Waals surface area contributed by atoms with Crippen molar-refractivity contribution in [3.8, 4) is 0 Å². The van der Waals surface area contributed by atoms with Gasteiger partial charge in [0, 0.05) is 12.4 Å². The van der Waals surface area contributed by atoms with Crippen LogP contribution in [0.1, 0.15) is 28.2 Å². The van der Waals surface area contributed by atoms with Gasteiger partial charge in [-0.3, -0.25) is 9.78 Å². The van der Waals surface area contributed by atoms with Gasteiger partial charge in [-0.2, -0.15) is 0 Å². The molecule has 2 rings (SSSR count). The number of aromatic nitrogens is 1. The third-order valence-corrected chi connectivity index (χ3v) is 3.17. The smallest absolute Gasteiger partial charge is 0.261 e. The van der Waals surface area contributed by atoms with Crippen LogP contribution in [0.3, 0.4) is 0 Å². The number of nitrogens with zero attached hydrogens (tertiary/aromatic N) is 1. The molecule has 0 unspecified atom stereocenters. The van der Waals surface area contributed by atoms with E-state index >= 15 is 0 Å². The van der Waals surface area contributed by atoms with Crippen LogP contribution >= 0.6 is 11.3 Å². The Hall–Kier alpha value is -1.68. The summed E-state index contributed by atoms with van der Waals surface area (Å²) in [6.07, 6.45) is 3.45. The van der Waals surface area contributed by atoms with Crippen molar-refractivity contribution in [3.05, 3.63) is 52.5 Å². The first-order chi connectivity index (χ1) is 7.77. The summed E-state index contributed by atoms with van der Waals surface area (Å²) in [5.74, 6) is -0.0284. The molecule has 1 amide bonds. The highest BCUT2D eigenvalue weighted by atomic mass is 32.1. The number of thiophene rings is 1. The van der Waals surface area contributed by atoms with Gasteiger partial charge in [0.05, 0.1) is 10.9 Å². The molecule has 2 aromatic rings. The van der Waals surface area contributed by atoms with Crippen LogP contribution in [-0.4, -0.2) is 10.9 Å². The molecule has 1 atom stereocenters. The van der Waals surface area contributed by atoms with E-state index < -0.39 is 0 Å². The van der Waals surface area contributed by atoms with Gasteiger partial charge < -0.3 is 5.32 Å². The van der Waals surface area contributed by atoms with E-state index in [1.807, 2.05) is 36.6 Å². The monoisotopic (exact) mass is 232 g/mol. The molecular weight excluding hydrogens is 220 g/mol. The minimum atomic E-state index is -0.0284. The van der Waals surface area contributed by atoms with Crippen LogP contribution in [-0.2, 0) is 0 Å². The molecule has 0 aliphatic rings. The average molecular weight is 232 g/mol. The van der Waals surface area contributed by atoms with Crippen LogP contribution in [0, 0.1) is 0 Å². The molecule has 0 radical (unpaired) electrons. The zero-order chi connectivity index (χ0) is 11.4. The zero-order valence-electron chi connectivity index (χ0n) is 8.88. The molecule has 0 aliphatic heterocycles. The molecule has 0 aliphatic carbocycles. The Kier molecular flexibility index (Phi) is 3.31. The topological polar surface area (TPSA) is 42.0 Å². The molecule has 0 fully saturated rings. The molecule has 0 bridgehead atoms. The fourth-order valence-electron chi connectivity index (χ4n) is 1.41. The minimum Gasteiger partial charge on any atom is -0.345 e. The Morgan fingerprint density at radius 1 is 1.38 bits per heavy atom. The van der Waals surface area contributed by atoms with Crippen molar-refractivity contribution in [2.45, 2.75) is 13.0 Å². The lowest BCUT2D eigenvalue weighted by Crippen LogP contribution is -2.25. The zero-order valence-corrected chi connectivity index (χ0v) is 9.70. The van der Waals surface area contributed by atoms with E-state index in [4.69, 9.17) is 0 Å². The van der Waals surface area contributed by atoms with Gasteiger partial charge in [-0.15, -0.1) is 11.3 Å². The number of carbonyl (C=O) groups excluding carboxylic acids is 1. The standard InChI is InChI=1S/C12H12N2OS/c1-9(10-4-6-13-7-5-10)14-12(15)11-3-2-8-16-11/h2-9H,1H3,(H,14,15)/t9-/m1/s1. The van der Waals surface area contributed by atoms with E-state index in [1.54, 1.807) is 12.4 Å². The summed E-state index contributed by atoms with van der Waals surface area (Å²) in [4.78, 5) is 16.5. The van der Waals surface area contributed by atoms with Crippen LogP contribution in [0.2, 0.25) is 0 Å². The fraction of sp³-hybridized carbons (Fsp3) is 0.167. The molecule has 4 heteroatoms. The summed E-state index contributed by atoms with van der Waals surface area (Å²) in [5, 5.41) is 4.84. The fourth-order valence-corrected chi connectivity index (χ4v) is 2.04. The number of rotatable bonds is 3. The van der Waals surface area contributed by atoms with Crippen molar-refractivity contribution >= 4 is 17.2 Å². The first kappa shape index (κ1) is 10.8. The van der Waals surface area contributed by atoms with Crippen molar-refractivity contribution in [1.82, 2.24) is 10.3 Å². The van der Waals surface area contributed by atoms with Crippen LogP contribution in [0.25, 0.3) is 0 Å². The highest BCUT2D eigenvalue weighted by Gasteiger charge is 2.11. The molecule has 1 N–H and O–H groups in total. The SMILES string of the molecule is C[C@@H](NC(=O)c1cccs1)c1ccncc1.